The van der Waals surface area contributed by atoms with Crippen molar-refractivity contribution in [1.82, 2.24) is 0 Å². The molecular weight excluding hydrogens is 498 g/mol. The van der Waals surface area contributed by atoms with E-state index in [0.717, 1.165) is 37.9 Å². The maximum Gasteiger partial charge on any atom is 0.341 e. The Morgan fingerprint density at radius 3 is 2.27 bits per heavy atom. The van der Waals surface area contributed by atoms with Crippen molar-refractivity contribution in [3.8, 4) is 11.1 Å². The molecule has 5 aromatic rings. The van der Waals surface area contributed by atoms with Crippen LogP contribution in [0, 0.1) is 13.8 Å². The number of rotatable bonds is 7. The van der Waals surface area contributed by atoms with Gasteiger partial charge < -0.3 is 10.1 Å². The Labute approximate surface area is 224 Å². The van der Waals surface area contributed by atoms with Crippen molar-refractivity contribution in [2.24, 2.45) is 0 Å². The van der Waals surface area contributed by atoms with E-state index in [0.29, 0.717) is 21.9 Å². The Hall–Kier alpha value is -3.74. The zero-order valence-electron chi connectivity index (χ0n) is 21.0. The zero-order valence-corrected chi connectivity index (χ0v) is 22.6. The van der Waals surface area contributed by atoms with Gasteiger partial charge >= 0.3 is 5.97 Å². The lowest BCUT2D eigenvalue weighted by Crippen LogP contribution is -2.15. The molecule has 0 aliphatic rings. The predicted octanol–water partition coefficient (Wildman–Crippen LogP) is 8.27. The Morgan fingerprint density at radius 1 is 0.892 bits per heavy atom. The molecule has 2 heterocycles. The predicted molar refractivity (Wildman–Crippen MR) is 154 cm³/mol. The van der Waals surface area contributed by atoms with Crippen LogP contribution >= 0.6 is 22.7 Å². The van der Waals surface area contributed by atoms with E-state index in [2.05, 4.69) is 42.6 Å². The molecule has 0 unspecified atom stereocenters. The molecule has 0 saturated heterocycles. The minimum Gasteiger partial charge on any atom is -0.462 e. The number of ether oxygens (including phenoxy) is 1. The molecule has 0 saturated carbocycles. The SMILES string of the molecule is CCOC(=O)c1c(-c2ccc(C)cc2)csc1NC(=O)c1sc2ccccc2c1Cc1ccc(C)cc1. The first-order valence-electron chi connectivity index (χ1n) is 12.2. The van der Waals surface area contributed by atoms with Gasteiger partial charge in [0.2, 0.25) is 0 Å². The standard InChI is InChI=1S/C31H27NO3S2/c1-4-35-31(34)27-25(22-15-11-20(3)12-16-22)18-36-30(27)32-29(33)28-24(17-21-13-9-19(2)10-14-21)23-7-5-6-8-26(23)37-28/h5-16,18H,4,17H2,1-3H3,(H,32,33). The fraction of sp³-hybridized carbons (Fsp3) is 0.161. The summed E-state index contributed by atoms with van der Waals surface area (Å²) in [6.45, 7) is 6.12. The molecule has 6 heteroatoms. The summed E-state index contributed by atoms with van der Waals surface area (Å²) in [5.41, 5.74) is 6.54. The third-order valence-electron chi connectivity index (χ3n) is 6.27. The number of anilines is 1. The topological polar surface area (TPSA) is 55.4 Å². The number of fused-ring (bicyclic) bond motifs is 1. The van der Waals surface area contributed by atoms with Gasteiger partial charge in [-0.15, -0.1) is 22.7 Å². The van der Waals surface area contributed by atoms with E-state index in [1.165, 1.54) is 28.2 Å². The number of esters is 1. The highest BCUT2D eigenvalue weighted by Crippen LogP contribution is 2.38. The first-order chi connectivity index (χ1) is 17.9. The molecule has 37 heavy (non-hydrogen) atoms. The maximum absolute atomic E-state index is 13.7. The van der Waals surface area contributed by atoms with Gasteiger partial charge in [-0.3, -0.25) is 4.79 Å². The molecule has 0 bridgehead atoms. The molecule has 0 atom stereocenters. The Morgan fingerprint density at radius 2 is 1.57 bits per heavy atom. The lowest BCUT2D eigenvalue weighted by atomic mass is 10.0. The van der Waals surface area contributed by atoms with Crippen molar-refractivity contribution < 1.29 is 14.3 Å². The largest absolute Gasteiger partial charge is 0.462 e. The summed E-state index contributed by atoms with van der Waals surface area (Å²) in [7, 11) is 0. The van der Waals surface area contributed by atoms with Crippen molar-refractivity contribution >= 4 is 49.6 Å². The average Bonchev–Trinajstić information content (AvgIpc) is 3.48. The van der Waals surface area contributed by atoms with Gasteiger partial charge in [-0.05, 0) is 55.3 Å². The fourth-order valence-corrected chi connectivity index (χ4v) is 6.40. The second-order valence-corrected chi connectivity index (χ2v) is 10.9. The highest BCUT2D eigenvalue weighted by molar-refractivity contribution is 7.21. The van der Waals surface area contributed by atoms with Crippen molar-refractivity contribution in [2.75, 3.05) is 11.9 Å². The number of amides is 1. The average molecular weight is 526 g/mol. The number of hydrogen-bond donors (Lipinski definition) is 1. The van der Waals surface area contributed by atoms with Crippen LogP contribution in [0.15, 0.2) is 78.2 Å². The number of hydrogen-bond acceptors (Lipinski definition) is 5. The fourth-order valence-electron chi connectivity index (χ4n) is 4.33. The van der Waals surface area contributed by atoms with E-state index >= 15 is 0 Å². The third-order valence-corrected chi connectivity index (χ3v) is 8.37. The van der Waals surface area contributed by atoms with Crippen molar-refractivity contribution in [3.63, 3.8) is 0 Å². The van der Waals surface area contributed by atoms with Gasteiger partial charge in [0.1, 0.15) is 10.6 Å². The van der Waals surface area contributed by atoms with E-state index in [1.807, 2.05) is 54.8 Å². The second kappa shape index (κ2) is 10.7. The van der Waals surface area contributed by atoms with Gasteiger partial charge in [0.25, 0.3) is 5.91 Å². The molecule has 0 aliphatic carbocycles. The quantitative estimate of drug-likeness (QED) is 0.218. The second-order valence-electron chi connectivity index (χ2n) is 8.96. The number of aryl methyl sites for hydroxylation is 2. The van der Waals surface area contributed by atoms with Crippen molar-refractivity contribution in [2.45, 2.75) is 27.2 Å². The molecule has 186 valence electrons. The molecule has 0 radical (unpaired) electrons. The van der Waals surface area contributed by atoms with Crippen LogP contribution in [0.25, 0.3) is 21.2 Å². The van der Waals surface area contributed by atoms with Crippen LogP contribution in [-0.4, -0.2) is 18.5 Å². The van der Waals surface area contributed by atoms with E-state index in [1.54, 1.807) is 6.92 Å². The number of benzene rings is 3. The van der Waals surface area contributed by atoms with Gasteiger partial charge in [-0.1, -0.05) is 77.9 Å². The zero-order chi connectivity index (χ0) is 25.9. The van der Waals surface area contributed by atoms with Crippen LogP contribution in [0.2, 0.25) is 0 Å². The molecule has 4 nitrogen and oxygen atoms in total. The monoisotopic (exact) mass is 525 g/mol. The Kier molecular flexibility index (Phi) is 7.22. The molecular formula is C31H27NO3S2. The molecule has 1 amide bonds. The summed E-state index contributed by atoms with van der Waals surface area (Å²) >= 11 is 2.82. The summed E-state index contributed by atoms with van der Waals surface area (Å²) in [6.07, 6.45) is 0.650. The first kappa shape index (κ1) is 24.9. The van der Waals surface area contributed by atoms with Gasteiger partial charge in [0.05, 0.1) is 11.5 Å². The molecule has 5 rings (SSSR count). The summed E-state index contributed by atoms with van der Waals surface area (Å²) in [6, 6.07) is 24.5. The Balaban J connectivity index is 1.53. The summed E-state index contributed by atoms with van der Waals surface area (Å²) in [4.78, 5) is 27.4. The highest BCUT2D eigenvalue weighted by atomic mass is 32.1. The minimum absolute atomic E-state index is 0.217. The lowest BCUT2D eigenvalue weighted by Gasteiger charge is -2.10. The molecule has 0 spiro atoms. The van der Waals surface area contributed by atoms with Gasteiger partial charge in [-0.25, -0.2) is 4.79 Å². The highest BCUT2D eigenvalue weighted by Gasteiger charge is 2.25. The Bertz CT molecular complexity index is 1580. The number of nitrogens with one attached hydrogen (secondary N) is 1. The van der Waals surface area contributed by atoms with Crippen LogP contribution in [0.3, 0.4) is 0 Å². The van der Waals surface area contributed by atoms with Crippen LogP contribution in [0.1, 0.15) is 49.2 Å². The molecule has 3 aromatic carbocycles. The number of carbonyl (C=O) groups excluding carboxylic acids is 2. The summed E-state index contributed by atoms with van der Waals surface area (Å²) < 4.78 is 6.44. The normalized spacial score (nSPS) is 11.0. The molecule has 0 fully saturated rings. The third kappa shape index (κ3) is 5.22. The van der Waals surface area contributed by atoms with Crippen molar-refractivity contribution in [1.29, 1.82) is 0 Å². The van der Waals surface area contributed by atoms with Gasteiger partial charge in [0, 0.05) is 15.6 Å². The van der Waals surface area contributed by atoms with Crippen LogP contribution in [0.4, 0.5) is 5.00 Å². The summed E-state index contributed by atoms with van der Waals surface area (Å²) in [5.74, 6) is -0.656. The number of thiophene rings is 2. The number of carbonyl (C=O) groups is 2. The van der Waals surface area contributed by atoms with Gasteiger partial charge in [-0.2, -0.15) is 0 Å². The van der Waals surface area contributed by atoms with E-state index in [-0.39, 0.29) is 12.5 Å². The first-order valence-corrected chi connectivity index (χ1v) is 13.9. The van der Waals surface area contributed by atoms with Crippen LogP contribution < -0.4 is 5.32 Å². The van der Waals surface area contributed by atoms with E-state index < -0.39 is 5.97 Å². The van der Waals surface area contributed by atoms with Crippen LogP contribution in [-0.2, 0) is 11.2 Å². The summed E-state index contributed by atoms with van der Waals surface area (Å²) in [5, 5.41) is 6.54. The smallest absolute Gasteiger partial charge is 0.341 e. The van der Waals surface area contributed by atoms with Crippen molar-refractivity contribution in [3.05, 3.63) is 111 Å². The van der Waals surface area contributed by atoms with E-state index in [4.69, 9.17) is 4.74 Å². The van der Waals surface area contributed by atoms with E-state index in [9.17, 15) is 9.59 Å². The lowest BCUT2D eigenvalue weighted by molar-refractivity contribution is 0.0529. The van der Waals surface area contributed by atoms with Crippen LogP contribution in [0.5, 0.6) is 0 Å². The van der Waals surface area contributed by atoms with Gasteiger partial charge in [0.15, 0.2) is 0 Å². The maximum atomic E-state index is 13.7. The molecule has 2 aromatic heterocycles. The minimum atomic E-state index is -0.439. The molecule has 1 N–H and O–H groups in total. The molecule has 0 aliphatic heterocycles.